The van der Waals surface area contributed by atoms with E-state index in [0.29, 0.717) is 22.0 Å². The summed E-state index contributed by atoms with van der Waals surface area (Å²) in [6, 6.07) is 16.0. The first-order valence-corrected chi connectivity index (χ1v) is 11.8. The zero-order chi connectivity index (χ0) is 21.2. The predicted molar refractivity (Wildman–Crippen MR) is 125 cm³/mol. The molecule has 1 aliphatic carbocycles. The van der Waals surface area contributed by atoms with Crippen molar-refractivity contribution < 1.29 is 4.79 Å². The van der Waals surface area contributed by atoms with Gasteiger partial charge in [-0.05, 0) is 43.2 Å². The normalized spacial score (nSPS) is 14.4. The number of fused-ring (bicyclic) bond motifs is 1. The highest BCUT2D eigenvalue weighted by Crippen LogP contribution is 2.32. The molecule has 0 spiro atoms. The molecule has 5 rings (SSSR count). The number of rotatable bonds is 6. The van der Waals surface area contributed by atoms with Crippen molar-refractivity contribution in [2.24, 2.45) is 0 Å². The average molecular weight is 452 g/mol. The van der Waals surface area contributed by atoms with Crippen molar-refractivity contribution >= 4 is 40.2 Å². The molecule has 4 aromatic rings. The summed E-state index contributed by atoms with van der Waals surface area (Å²) in [7, 11) is 0. The maximum absolute atomic E-state index is 12.5. The Kier molecular flexibility index (Phi) is 5.70. The molecule has 1 fully saturated rings. The summed E-state index contributed by atoms with van der Waals surface area (Å²) in [5.41, 5.74) is 2.89. The zero-order valence-corrected chi connectivity index (χ0v) is 18.4. The minimum absolute atomic E-state index is 0.0381. The lowest BCUT2D eigenvalue weighted by atomic mass is 10.1. The smallest absolute Gasteiger partial charge is 0.230 e. The first-order valence-electron chi connectivity index (χ1n) is 10.4. The molecular weight excluding hydrogens is 430 g/mol. The maximum atomic E-state index is 12.5. The van der Waals surface area contributed by atoms with E-state index in [0.717, 1.165) is 40.8 Å². The third-order valence-electron chi connectivity index (χ3n) is 5.60. The van der Waals surface area contributed by atoms with Crippen molar-refractivity contribution in [3.05, 3.63) is 59.8 Å². The van der Waals surface area contributed by atoms with Crippen LogP contribution >= 0.6 is 23.4 Å². The van der Waals surface area contributed by atoms with Crippen molar-refractivity contribution in [2.75, 3.05) is 5.75 Å². The van der Waals surface area contributed by atoms with E-state index in [1.807, 2.05) is 53.2 Å². The van der Waals surface area contributed by atoms with Crippen molar-refractivity contribution in [1.29, 1.82) is 0 Å². The third-order valence-corrected chi connectivity index (χ3v) is 6.78. The van der Waals surface area contributed by atoms with Crippen LogP contribution in [0.1, 0.15) is 25.7 Å². The van der Waals surface area contributed by atoms with Crippen LogP contribution in [-0.4, -0.2) is 37.5 Å². The van der Waals surface area contributed by atoms with E-state index in [1.165, 1.54) is 24.6 Å². The summed E-state index contributed by atoms with van der Waals surface area (Å²) >= 11 is 7.51. The third kappa shape index (κ3) is 4.20. The molecule has 2 aromatic heterocycles. The second-order valence-corrected chi connectivity index (χ2v) is 9.08. The van der Waals surface area contributed by atoms with Crippen LogP contribution in [0.4, 0.5) is 0 Å². The molecule has 2 aromatic carbocycles. The topological polar surface area (TPSA) is 75.6 Å². The maximum Gasteiger partial charge on any atom is 0.230 e. The zero-order valence-electron chi connectivity index (χ0n) is 16.8. The van der Waals surface area contributed by atoms with E-state index in [4.69, 9.17) is 11.6 Å². The molecule has 0 unspecified atom stereocenters. The second-order valence-electron chi connectivity index (χ2n) is 7.70. The number of thioether (sulfide) groups is 1. The second kappa shape index (κ2) is 8.77. The van der Waals surface area contributed by atoms with Gasteiger partial charge in [-0.3, -0.25) is 9.36 Å². The molecule has 0 saturated heterocycles. The van der Waals surface area contributed by atoms with E-state index in [1.54, 1.807) is 0 Å². The lowest BCUT2D eigenvalue weighted by Gasteiger charge is -2.12. The molecule has 31 heavy (non-hydrogen) atoms. The highest BCUT2D eigenvalue weighted by molar-refractivity contribution is 7.99. The van der Waals surface area contributed by atoms with Gasteiger partial charge in [-0.25, -0.2) is 0 Å². The number of amides is 1. The molecule has 2 heterocycles. The number of nitrogens with zero attached hydrogens (tertiary/aromatic N) is 3. The number of aromatic amines is 1. The number of aromatic nitrogens is 4. The standard InChI is InChI=1S/C23H22ClN5OS/c24-15-9-11-17(12-10-15)29-22(19-13-25-20-8-4-3-7-18(19)20)27-28-23(29)31-14-21(30)26-16-5-1-2-6-16/h3-4,7-13,16,25H,1-2,5-6,14H2,(H,26,30). The predicted octanol–water partition coefficient (Wildman–Crippen LogP) is 5.22. The Bertz CT molecular complexity index is 1210. The first-order chi connectivity index (χ1) is 15.2. The van der Waals surface area contributed by atoms with Crippen LogP contribution < -0.4 is 5.32 Å². The molecule has 1 saturated carbocycles. The van der Waals surface area contributed by atoms with E-state index in [9.17, 15) is 4.79 Å². The Morgan fingerprint density at radius 1 is 1.13 bits per heavy atom. The molecule has 1 aliphatic rings. The van der Waals surface area contributed by atoms with Gasteiger partial charge in [0.05, 0.1) is 5.75 Å². The molecule has 158 valence electrons. The molecule has 8 heteroatoms. The number of hydrogen-bond acceptors (Lipinski definition) is 4. The van der Waals surface area contributed by atoms with Crippen LogP contribution in [0.25, 0.3) is 28.0 Å². The Hall–Kier alpha value is -2.77. The van der Waals surface area contributed by atoms with Crippen LogP contribution in [0.3, 0.4) is 0 Å². The van der Waals surface area contributed by atoms with Gasteiger partial charge in [0.1, 0.15) is 0 Å². The van der Waals surface area contributed by atoms with E-state index >= 15 is 0 Å². The lowest BCUT2D eigenvalue weighted by molar-refractivity contribution is -0.119. The molecule has 0 atom stereocenters. The van der Waals surface area contributed by atoms with Gasteiger partial charge in [-0.15, -0.1) is 10.2 Å². The summed E-state index contributed by atoms with van der Waals surface area (Å²) in [4.78, 5) is 15.8. The molecule has 6 nitrogen and oxygen atoms in total. The van der Waals surface area contributed by atoms with Crippen molar-refractivity contribution in [2.45, 2.75) is 36.9 Å². The summed E-state index contributed by atoms with van der Waals surface area (Å²) < 4.78 is 1.99. The largest absolute Gasteiger partial charge is 0.360 e. The fourth-order valence-electron chi connectivity index (χ4n) is 4.09. The van der Waals surface area contributed by atoms with Crippen LogP contribution in [-0.2, 0) is 4.79 Å². The number of benzene rings is 2. The fraction of sp³-hybridized carbons (Fsp3) is 0.261. The molecule has 2 N–H and O–H groups in total. The fourth-order valence-corrected chi connectivity index (χ4v) is 4.98. The van der Waals surface area contributed by atoms with Gasteiger partial charge in [-0.2, -0.15) is 0 Å². The highest BCUT2D eigenvalue weighted by Gasteiger charge is 2.21. The van der Waals surface area contributed by atoms with E-state index in [2.05, 4.69) is 26.6 Å². The van der Waals surface area contributed by atoms with Crippen molar-refractivity contribution in [3.8, 4) is 17.1 Å². The number of para-hydroxylation sites is 1. The average Bonchev–Trinajstić information content (AvgIpc) is 3.52. The minimum Gasteiger partial charge on any atom is -0.360 e. The highest BCUT2D eigenvalue weighted by atomic mass is 35.5. The van der Waals surface area contributed by atoms with Gasteiger partial charge >= 0.3 is 0 Å². The Morgan fingerprint density at radius 3 is 2.71 bits per heavy atom. The van der Waals surface area contributed by atoms with Crippen LogP contribution in [0, 0.1) is 0 Å². The van der Waals surface area contributed by atoms with E-state index < -0.39 is 0 Å². The molecule has 1 amide bonds. The Balaban J connectivity index is 1.48. The van der Waals surface area contributed by atoms with Crippen molar-refractivity contribution in [1.82, 2.24) is 25.1 Å². The van der Waals surface area contributed by atoms with E-state index in [-0.39, 0.29) is 5.91 Å². The summed E-state index contributed by atoms with van der Waals surface area (Å²) in [6.45, 7) is 0. The van der Waals surface area contributed by atoms with Gasteiger partial charge < -0.3 is 10.3 Å². The molecule has 0 radical (unpaired) electrons. The number of carbonyl (C=O) groups is 1. The number of hydrogen-bond donors (Lipinski definition) is 2. The number of halogens is 1. The van der Waals surface area contributed by atoms with Crippen LogP contribution in [0.15, 0.2) is 59.9 Å². The van der Waals surface area contributed by atoms with Gasteiger partial charge in [0.25, 0.3) is 0 Å². The number of H-pyrrole nitrogens is 1. The monoisotopic (exact) mass is 451 g/mol. The Morgan fingerprint density at radius 2 is 1.90 bits per heavy atom. The van der Waals surface area contributed by atoms with Gasteiger partial charge in [0.2, 0.25) is 5.91 Å². The molecular formula is C23H22ClN5OS. The molecule has 0 aliphatic heterocycles. The van der Waals surface area contributed by atoms with Gasteiger partial charge in [-0.1, -0.05) is 54.4 Å². The van der Waals surface area contributed by atoms with Gasteiger partial charge in [0.15, 0.2) is 11.0 Å². The quantitative estimate of drug-likeness (QED) is 0.394. The van der Waals surface area contributed by atoms with Gasteiger partial charge in [0, 0.05) is 39.4 Å². The lowest BCUT2D eigenvalue weighted by Crippen LogP contribution is -2.33. The first kappa shape index (κ1) is 20.2. The SMILES string of the molecule is O=C(CSc1nnc(-c2c[nH]c3ccccc23)n1-c1ccc(Cl)cc1)NC1CCCC1. The minimum atomic E-state index is 0.0381. The summed E-state index contributed by atoms with van der Waals surface area (Å²) in [6.07, 6.45) is 6.47. The number of carbonyl (C=O) groups excluding carboxylic acids is 1. The number of nitrogens with one attached hydrogen (secondary N) is 2. The Labute approximate surface area is 189 Å². The molecule has 0 bridgehead atoms. The van der Waals surface area contributed by atoms with Crippen molar-refractivity contribution in [3.63, 3.8) is 0 Å². The van der Waals surface area contributed by atoms with Crippen LogP contribution in [0.5, 0.6) is 0 Å². The van der Waals surface area contributed by atoms with Crippen LogP contribution in [0.2, 0.25) is 5.02 Å². The summed E-state index contributed by atoms with van der Waals surface area (Å²) in [5.74, 6) is 1.06. The summed E-state index contributed by atoms with van der Waals surface area (Å²) in [5, 5.41) is 14.5.